The number of carbonyl (C=O) groups is 1. The predicted octanol–water partition coefficient (Wildman–Crippen LogP) is 2.13. The lowest BCUT2D eigenvalue weighted by molar-refractivity contribution is -0.112. The van der Waals surface area contributed by atoms with Gasteiger partial charge in [0.1, 0.15) is 17.4 Å². The van der Waals surface area contributed by atoms with Crippen molar-refractivity contribution in [1.29, 1.82) is 5.26 Å². The normalized spacial score (nSPS) is 11.6. The van der Waals surface area contributed by atoms with Gasteiger partial charge in [0.05, 0.1) is 0 Å². The van der Waals surface area contributed by atoms with Crippen LogP contribution in [-0.2, 0) is 4.79 Å². The van der Waals surface area contributed by atoms with E-state index in [0.29, 0.717) is 5.69 Å². The summed E-state index contributed by atoms with van der Waals surface area (Å²) in [6.45, 7) is 5.78. The van der Waals surface area contributed by atoms with Crippen LogP contribution in [0.15, 0.2) is 36.0 Å². The fraction of sp³-hybridized carbons (Fsp3) is 0.286. The van der Waals surface area contributed by atoms with Crippen LogP contribution in [0, 0.1) is 11.3 Å². The molecule has 0 aromatic heterocycles. The summed E-state index contributed by atoms with van der Waals surface area (Å²) in [6, 6.07) is 7.87. The number of nitrogens with one attached hydrogen (secondary N) is 2. The Morgan fingerprint density at radius 1 is 1.32 bits per heavy atom. The van der Waals surface area contributed by atoms with Crippen molar-refractivity contribution >= 4 is 11.6 Å². The molecule has 5 heteroatoms. The summed E-state index contributed by atoms with van der Waals surface area (Å²) in [4.78, 5) is 11.8. The Bertz CT molecular complexity index is 519. The van der Waals surface area contributed by atoms with Gasteiger partial charge in [-0.2, -0.15) is 5.26 Å². The summed E-state index contributed by atoms with van der Waals surface area (Å²) in [5, 5.41) is 23.6. The Kier molecular flexibility index (Phi) is 4.54. The fourth-order valence-corrected chi connectivity index (χ4v) is 1.18. The number of carbonyl (C=O) groups excluding carboxylic acids is 1. The lowest BCUT2D eigenvalue weighted by Gasteiger charge is -2.18. The van der Waals surface area contributed by atoms with E-state index < -0.39 is 5.91 Å². The smallest absolute Gasteiger partial charge is 0.267 e. The van der Waals surface area contributed by atoms with Gasteiger partial charge in [0.2, 0.25) is 0 Å². The molecule has 0 radical (unpaired) electrons. The summed E-state index contributed by atoms with van der Waals surface area (Å²) in [7, 11) is 0. The molecule has 0 saturated carbocycles. The number of rotatable bonds is 3. The van der Waals surface area contributed by atoms with E-state index in [4.69, 9.17) is 10.4 Å². The molecule has 0 fully saturated rings. The minimum Gasteiger partial charge on any atom is -0.508 e. The van der Waals surface area contributed by atoms with Gasteiger partial charge in [-0.05, 0) is 45.0 Å². The lowest BCUT2D eigenvalue weighted by Crippen LogP contribution is -2.32. The van der Waals surface area contributed by atoms with Gasteiger partial charge in [0.25, 0.3) is 5.91 Å². The van der Waals surface area contributed by atoms with Crippen molar-refractivity contribution in [1.82, 2.24) is 5.32 Å². The first-order chi connectivity index (χ1) is 8.81. The number of hydrogen-bond donors (Lipinski definition) is 3. The van der Waals surface area contributed by atoms with Gasteiger partial charge in [0, 0.05) is 17.4 Å². The Labute approximate surface area is 112 Å². The Morgan fingerprint density at radius 3 is 2.37 bits per heavy atom. The molecule has 0 atom stereocenters. The van der Waals surface area contributed by atoms with Crippen molar-refractivity contribution < 1.29 is 9.90 Å². The van der Waals surface area contributed by atoms with Crippen LogP contribution in [0.2, 0.25) is 0 Å². The molecule has 100 valence electrons. The van der Waals surface area contributed by atoms with Crippen LogP contribution in [0.1, 0.15) is 20.8 Å². The molecule has 5 nitrogen and oxygen atoms in total. The van der Waals surface area contributed by atoms with E-state index in [0.717, 1.165) is 0 Å². The second-order valence-electron chi connectivity index (χ2n) is 5.07. The maximum Gasteiger partial charge on any atom is 0.267 e. The number of phenolic OH excluding ortho intramolecular Hbond substituents is 1. The molecule has 0 spiro atoms. The van der Waals surface area contributed by atoms with Gasteiger partial charge < -0.3 is 15.7 Å². The van der Waals surface area contributed by atoms with Crippen LogP contribution >= 0.6 is 0 Å². The molecule has 0 bridgehead atoms. The summed E-state index contributed by atoms with van der Waals surface area (Å²) >= 11 is 0. The highest BCUT2D eigenvalue weighted by atomic mass is 16.3. The first-order valence-electron chi connectivity index (χ1n) is 5.80. The van der Waals surface area contributed by atoms with Crippen LogP contribution < -0.4 is 10.6 Å². The third kappa shape index (κ3) is 5.13. The minimum absolute atomic E-state index is 0.0111. The maximum atomic E-state index is 11.8. The van der Waals surface area contributed by atoms with Gasteiger partial charge in [-0.1, -0.05) is 0 Å². The van der Waals surface area contributed by atoms with Crippen molar-refractivity contribution in [2.24, 2.45) is 0 Å². The molecule has 1 amide bonds. The largest absolute Gasteiger partial charge is 0.508 e. The number of benzene rings is 1. The number of nitrogens with zero attached hydrogens (tertiary/aromatic N) is 1. The average molecular weight is 259 g/mol. The Morgan fingerprint density at radius 2 is 1.89 bits per heavy atom. The molecule has 19 heavy (non-hydrogen) atoms. The van der Waals surface area contributed by atoms with Crippen molar-refractivity contribution in [3.05, 3.63) is 36.0 Å². The third-order valence-electron chi connectivity index (χ3n) is 2.14. The van der Waals surface area contributed by atoms with E-state index in [9.17, 15) is 4.79 Å². The number of hydrogen-bond acceptors (Lipinski definition) is 4. The molecular weight excluding hydrogens is 242 g/mol. The molecule has 0 unspecified atom stereocenters. The summed E-state index contributed by atoms with van der Waals surface area (Å²) in [5.74, 6) is -0.381. The first kappa shape index (κ1) is 14.6. The molecule has 1 aromatic rings. The molecular formula is C14H17N3O2. The highest BCUT2D eigenvalue weighted by molar-refractivity contribution is 6.06. The zero-order valence-electron chi connectivity index (χ0n) is 11.2. The van der Waals surface area contributed by atoms with E-state index in [-0.39, 0.29) is 16.9 Å². The van der Waals surface area contributed by atoms with Gasteiger partial charge in [-0.15, -0.1) is 0 Å². The molecule has 0 heterocycles. The summed E-state index contributed by atoms with van der Waals surface area (Å²) < 4.78 is 0. The number of phenols is 1. The quantitative estimate of drug-likeness (QED) is 0.441. The molecule has 1 aromatic carbocycles. The fourth-order valence-electron chi connectivity index (χ4n) is 1.18. The lowest BCUT2D eigenvalue weighted by atomic mass is 10.1. The number of nitriles is 1. The second kappa shape index (κ2) is 5.91. The van der Waals surface area contributed by atoms with Crippen molar-refractivity contribution in [3.63, 3.8) is 0 Å². The third-order valence-corrected chi connectivity index (χ3v) is 2.14. The van der Waals surface area contributed by atoms with Crippen LogP contribution in [0.4, 0.5) is 5.69 Å². The van der Waals surface area contributed by atoms with Crippen molar-refractivity contribution in [2.75, 3.05) is 5.32 Å². The number of aromatic hydroxyl groups is 1. The Hall–Kier alpha value is -2.48. The zero-order valence-corrected chi connectivity index (χ0v) is 11.2. The molecule has 0 aliphatic carbocycles. The van der Waals surface area contributed by atoms with Crippen LogP contribution in [0.5, 0.6) is 5.75 Å². The van der Waals surface area contributed by atoms with Crippen molar-refractivity contribution in [3.8, 4) is 11.8 Å². The van der Waals surface area contributed by atoms with E-state index in [1.54, 1.807) is 12.1 Å². The summed E-state index contributed by atoms with van der Waals surface area (Å²) in [6.07, 6.45) is 1.40. The molecule has 1 rings (SSSR count). The standard InChI is InChI=1S/C14H17N3O2/c1-14(2,3)16-9-10(8-15)13(19)17-11-4-6-12(18)7-5-11/h4-7,9,16,18H,1-3H3,(H,17,19)/b10-9-. The molecule has 0 aliphatic heterocycles. The average Bonchev–Trinajstić information content (AvgIpc) is 2.31. The van der Waals surface area contributed by atoms with Crippen molar-refractivity contribution in [2.45, 2.75) is 26.3 Å². The van der Waals surface area contributed by atoms with E-state index >= 15 is 0 Å². The predicted molar refractivity (Wildman–Crippen MR) is 73.3 cm³/mol. The van der Waals surface area contributed by atoms with E-state index in [1.807, 2.05) is 26.8 Å². The first-order valence-corrected chi connectivity index (χ1v) is 5.80. The highest BCUT2D eigenvalue weighted by Crippen LogP contribution is 2.14. The topological polar surface area (TPSA) is 85.2 Å². The van der Waals surface area contributed by atoms with Crippen LogP contribution in [0.3, 0.4) is 0 Å². The van der Waals surface area contributed by atoms with E-state index in [2.05, 4.69) is 10.6 Å². The zero-order chi connectivity index (χ0) is 14.5. The molecule has 0 aliphatic rings. The van der Waals surface area contributed by atoms with Crippen LogP contribution in [-0.4, -0.2) is 16.6 Å². The van der Waals surface area contributed by atoms with Crippen LogP contribution in [0.25, 0.3) is 0 Å². The van der Waals surface area contributed by atoms with Gasteiger partial charge in [-0.3, -0.25) is 4.79 Å². The number of anilines is 1. The number of amides is 1. The highest BCUT2D eigenvalue weighted by Gasteiger charge is 2.12. The van der Waals surface area contributed by atoms with E-state index in [1.165, 1.54) is 18.3 Å². The second-order valence-corrected chi connectivity index (χ2v) is 5.07. The monoisotopic (exact) mass is 259 g/mol. The Balaban J connectivity index is 2.75. The summed E-state index contributed by atoms with van der Waals surface area (Å²) in [5.41, 5.74) is 0.281. The van der Waals surface area contributed by atoms with Gasteiger partial charge >= 0.3 is 0 Å². The SMILES string of the molecule is CC(C)(C)N/C=C(/C#N)C(=O)Nc1ccc(O)cc1. The molecule has 0 saturated heterocycles. The minimum atomic E-state index is -0.495. The van der Waals surface area contributed by atoms with Gasteiger partial charge in [-0.25, -0.2) is 0 Å². The van der Waals surface area contributed by atoms with Gasteiger partial charge in [0.15, 0.2) is 0 Å². The maximum absolute atomic E-state index is 11.8. The molecule has 3 N–H and O–H groups in total.